The van der Waals surface area contributed by atoms with Crippen LogP contribution in [0.15, 0.2) is 6.07 Å². The molecule has 106 valence electrons. The fraction of sp³-hybridized carbons (Fsp3) is 0.615. The van der Waals surface area contributed by atoms with Gasteiger partial charge in [0.25, 0.3) is 0 Å². The molecule has 0 aromatic carbocycles. The average Bonchev–Trinajstić information content (AvgIpc) is 2.42. The molecule has 2 rings (SSSR count). The van der Waals surface area contributed by atoms with Gasteiger partial charge in [-0.3, -0.25) is 0 Å². The van der Waals surface area contributed by atoms with Crippen molar-refractivity contribution in [3.8, 4) is 0 Å². The highest BCUT2D eigenvalue weighted by Gasteiger charge is 2.21. The molecule has 1 aliphatic rings. The lowest BCUT2D eigenvalue weighted by Gasteiger charge is -2.28. The van der Waals surface area contributed by atoms with Gasteiger partial charge in [-0.2, -0.15) is 11.8 Å². The average molecular weight is 320 g/mol. The molecular weight excluding hydrogens is 301 g/mol. The minimum atomic E-state index is 0.458. The highest BCUT2D eigenvalue weighted by Crippen LogP contribution is 2.32. The molecule has 0 amide bonds. The van der Waals surface area contributed by atoms with E-state index in [2.05, 4.69) is 21.9 Å². The number of nitrogens with one attached hydrogen (secondary N) is 2. The van der Waals surface area contributed by atoms with E-state index in [0.717, 1.165) is 11.1 Å². The van der Waals surface area contributed by atoms with Gasteiger partial charge >= 0.3 is 0 Å². The van der Waals surface area contributed by atoms with Crippen LogP contribution in [0.5, 0.6) is 0 Å². The third kappa shape index (κ3) is 3.83. The molecule has 1 fully saturated rings. The van der Waals surface area contributed by atoms with Crippen molar-refractivity contribution in [2.24, 2.45) is 0 Å². The van der Waals surface area contributed by atoms with E-state index in [-0.39, 0.29) is 0 Å². The van der Waals surface area contributed by atoms with E-state index in [1.54, 1.807) is 13.1 Å². The Morgan fingerprint density at radius 2 is 1.79 bits per heavy atom. The summed E-state index contributed by atoms with van der Waals surface area (Å²) >= 11 is 14.2. The second-order valence-corrected chi connectivity index (χ2v) is 6.71. The third-order valence-electron chi connectivity index (χ3n) is 3.51. The first-order valence-corrected chi connectivity index (χ1v) is 8.51. The van der Waals surface area contributed by atoms with Crippen LogP contribution < -0.4 is 10.6 Å². The Balaban J connectivity index is 2.03. The maximum Gasteiger partial charge on any atom is 0.147 e. The fourth-order valence-corrected chi connectivity index (χ4v) is 3.63. The van der Waals surface area contributed by atoms with Gasteiger partial charge in [0.15, 0.2) is 0 Å². The van der Waals surface area contributed by atoms with Crippen LogP contribution >= 0.6 is 35.0 Å². The van der Waals surface area contributed by atoms with Crippen LogP contribution in [0.25, 0.3) is 0 Å². The summed E-state index contributed by atoms with van der Waals surface area (Å²) in [5, 5.41) is 8.35. The maximum absolute atomic E-state index is 6.19. The van der Waals surface area contributed by atoms with E-state index in [0.29, 0.717) is 21.9 Å². The van der Waals surface area contributed by atoms with Crippen LogP contribution in [0.1, 0.15) is 25.7 Å². The number of pyridine rings is 1. The zero-order valence-corrected chi connectivity index (χ0v) is 13.5. The van der Waals surface area contributed by atoms with E-state index in [9.17, 15) is 0 Å². The number of nitrogens with zero attached hydrogens (tertiary/aromatic N) is 1. The van der Waals surface area contributed by atoms with Crippen molar-refractivity contribution in [3.05, 3.63) is 16.1 Å². The van der Waals surface area contributed by atoms with Crippen molar-refractivity contribution in [3.63, 3.8) is 0 Å². The molecule has 0 aliphatic heterocycles. The Kier molecular flexibility index (Phi) is 5.48. The van der Waals surface area contributed by atoms with Crippen LogP contribution in [0.3, 0.4) is 0 Å². The molecule has 0 spiro atoms. The summed E-state index contributed by atoms with van der Waals surface area (Å²) in [7, 11) is 1.80. The zero-order valence-electron chi connectivity index (χ0n) is 11.2. The van der Waals surface area contributed by atoms with Gasteiger partial charge in [-0.25, -0.2) is 4.98 Å². The number of anilines is 2. The van der Waals surface area contributed by atoms with Crippen molar-refractivity contribution in [1.29, 1.82) is 0 Å². The van der Waals surface area contributed by atoms with E-state index >= 15 is 0 Å². The quantitative estimate of drug-likeness (QED) is 0.855. The van der Waals surface area contributed by atoms with Gasteiger partial charge in [-0.15, -0.1) is 0 Å². The Morgan fingerprint density at radius 1 is 1.16 bits per heavy atom. The summed E-state index contributed by atoms with van der Waals surface area (Å²) in [6.45, 7) is 0. The van der Waals surface area contributed by atoms with Gasteiger partial charge in [0, 0.05) is 18.3 Å². The molecule has 1 saturated carbocycles. The molecule has 0 radical (unpaired) electrons. The SMILES string of the molecule is CNc1nc(NC2CCC(SC)CC2)c(Cl)cc1Cl. The smallest absolute Gasteiger partial charge is 0.147 e. The van der Waals surface area contributed by atoms with E-state index < -0.39 is 0 Å². The van der Waals surface area contributed by atoms with Gasteiger partial charge in [0.1, 0.15) is 11.6 Å². The molecule has 1 aliphatic carbocycles. The summed E-state index contributed by atoms with van der Waals surface area (Å²) in [5.74, 6) is 1.38. The topological polar surface area (TPSA) is 37.0 Å². The molecule has 0 bridgehead atoms. The summed E-state index contributed by atoms with van der Waals surface area (Å²) in [6, 6.07) is 2.19. The molecule has 19 heavy (non-hydrogen) atoms. The standard InChI is InChI=1S/C13H19Cl2N3S/c1-16-12-10(14)7-11(15)13(18-12)17-8-3-5-9(19-2)6-4-8/h7-9H,3-6H2,1-2H3,(H2,16,17,18). The lowest BCUT2D eigenvalue weighted by Crippen LogP contribution is -2.27. The first-order valence-electron chi connectivity index (χ1n) is 6.47. The Bertz CT molecular complexity index is 434. The number of halogens is 2. The van der Waals surface area contributed by atoms with Crippen molar-refractivity contribution in [2.75, 3.05) is 23.9 Å². The van der Waals surface area contributed by atoms with Gasteiger partial charge in [-0.05, 0) is 38.0 Å². The lowest BCUT2D eigenvalue weighted by atomic mass is 9.95. The van der Waals surface area contributed by atoms with Crippen molar-refractivity contribution < 1.29 is 0 Å². The minimum Gasteiger partial charge on any atom is -0.372 e. The van der Waals surface area contributed by atoms with E-state index in [4.69, 9.17) is 23.2 Å². The molecule has 0 unspecified atom stereocenters. The van der Waals surface area contributed by atoms with Gasteiger partial charge in [-0.1, -0.05) is 23.2 Å². The predicted molar refractivity (Wildman–Crippen MR) is 87.0 cm³/mol. The second-order valence-electron chi connectivity index (χ2n) is 4.75. The maximum atomic E-state index is 6.19. The number of hydrogen-bond acceptors (Lipinski definition) is 4. The normalized spacial score (nSPS) is 23.2. The van der Waals surface area contributed by atoms with Crippen molar-refractivity contribution >= 4 is 46.6 Å². The monoisotopic (exact) mass is 319 g/mol. The minimum absolute atomic E-state index is 0.458. The molecular formula is C13H19Cl2N3S. The summed E-state index contributed by atoms with van der Waals surface area (Å²) < 4.78 is 0. The van der Waals surface area contributed by atoms with Crippen LogP contribution in [-0.2, 0) is 0 Å². The summed E-state index contributed by atoms with van der Waals surface area (Å²) in [5.41, 5.74) is 0. The highest BCUT2D eigenvalue weighted by molar-refractivity contribution is 7.99. The molecule has 0 saturated heterocycles. The predicted octanol–water partition coefficient (Wildman–Crippen LogP) is 4.52. The largest absolute Gasteiger partial charge is 0.372 e. The molecule has 6 heteroatoms. The van der Waals surface area contributed by atoms with Crippen molar-refractivity contribution in [1.82, 2.24) is 4.98 Å². The first kappa shape index (κ1) is 15.1. The van der Waals surface area contributed by atoms with Crippen LogP contribution in [-0.4, -0.2) is 29.6 Å². The number of aromatic nitrogens is 1. The molecule has 3 nitrogen and oxygen atoms in total. The fourth-order valence-electron chi connectivity index (χ4n) is 2.38. The molecule has 1 aromatic heterocycles. The van der Waals surface area contributed by atoms with E-state index in [1.165, 1.54) is 25.7 Å². The molecule has 2 N–H and O–H groups in total. The van der Waals surface area contributed by atoms with Crippen molar-refractivity contribution in [2.45, 2.75) is 37.0 Å². The Morgan fingerprint density at radius 3 is 2.37 bits per heavy atom. The number of rotatable bonds is 4. The molecule has 0 atom stereocenters. The lowest BCUT2D eigenvalue weighted by molar-refractivity contribution is 0.472. The zero-order chi connectivity index (χ0) is 13.8. The summed E-state index contributed by atoms with van der Waals surface area (Å²) in [6.07, 6.45) is 7.03. The first-order chi connectivity index (χ1) is 9.13. The Labute approximate surface area is 128 Å². The van der Waals surface area contributed by atoms with Gasteiger partial charge < -0.3 is 10.6 Å². The van der Waals surface area contributed by atoms with Crippen LogP contribution in [0.2, 0.25) is 10.0 Å². The van der Waals surface area contributed by atoms with Crippen LogP contribution in [0, 0.1) is 0 Å². The number of thioether (sulfide) groups is 1. The highest BCUT2D eigenvalue weighted by atomic mass is 35.5. The van der Waals surface area contributed by atoms with Crippen LogP contribution in [0.4, 0.5) is 11.6 Å². The van der Waals surface area contributed by atoms with Gasteiger partial charge in [0.2, 0.25) is 0 Å². The Hall–Kier alpha value is -0.320. The molecule has 1 aromatic rings. The van der Waals surface area contributed by atoms with E-state index in [1.807, 2.05) is 11.8 Å². The van der Waals surface area contributed by atoms with Gasteiger partial charge in [0.05, 0.1) is 10.0 Å². The third-order valence-corrected chi connectivity index (χ3v) is 5.23. The second kappa shape index (κ2) is 6.91. The molecule has 1 heterocycles. The number of hydrogen-bond donors (Lipinski definition) is 2. The summed E-state index contributed by atoms with van der Waals surface area (Å²) in [4.78, 5) is 4.43.